The maximum Gasteiger partial charge on any atom is 0.230 e. The minimum atomic E-state index is -0.122. The van der Waals surface area contributed by atoms with Crippen LogP contribution in [-0.4, -0.2) is 38.4 Å². The Morgan fingerprint density at radius 3 is 2.67 bits per heavy atom. The average molecular weight is 385 g/mol. The Balaban J connectivity index is 1.38. The Hall–Kier alpha value is -2.35. The molecule has 0 saturated heterocycles. The molecule has 2 aromatic rings. The highest BCUT2D eigenvalue weighted by atomic mass is 32.2. The topological polar surface area (TPSA) is 88.9 Å². The second kappa shape index (κ2) is 7.72. The number of aromatic nitrogens is 3. The van der Waals surface area contributed by atoms with Crippen LogP contribution < -0.4 is 10.6 Å². The number of amides is 2. The van der Waals surface area contributed by atoms with Crippen molar-refractivity contribution in [1.29, 1.82) is 0 Å². The van der Waals surface area contributed by atoms with E-state index >= 15 is 0 Å². The monoisotopic (exact) mass is 385 g/mol. The van der Waals surface area contributed by atoms with Crippen molar-refractivity contribution in [3.05, 3.63) is 30.6 Å². The second-order valence-corrected chi connectivity index (χ2v) is 8.21. The number of hydrogen-bond donors (Lipinski definition) is 2. The Kier molecular flexibility index (Phi) is 5.15. The molecule has 0 bridgehead atoms. The summed E-state index contributed by atoms with van der Waals surface area (Å²) in [6, 6.07) is 7.81. The fraction of sp³-hybridized carbons (Fsp3) is 0.474. The Bertz CT molecular complexity index is 832. The Labute approximate surface area is 162 Å². The maximum absolute atomic E-state index is 12.4. The quantitative estimate of drug-likeness (QED) is 0.682. The second-order valence-electron chi connectivity index (χ2n) is 7.27. The molecule has 2 N–H and O–H groups in total. The number of carbonyl (C=O) groups excluding carboxylic acids is 2. The first-order chi connectivity index (χ1) is 13.1. The number of rotatable bonds is 8. The van der Waals surface area contributed by atoms with Crippen LogP contribution >= 0.6 is 11.8 Å². The molecule has 142 valence electrons. The molecule has 4 rings (SSSR count). The van der Waals surface area contributed by atoms with Crippen LogP contribution in [0.5, 0.6) is 0 Å². The molecule has 1 aromatic carbocycles. The van der Waals surface area contributed by atoms with Crippen LogP contribution in [0.25, 0.3) is 5.69 Å². The standard InChI is InChI=1S/C19H23N5O2S/c1-12(25)21-15-3-2-4-16(9-15)24-11-20-23-19(24)27-10-17(26)22-18(13-5-6-13)14-7-8-14/h2-4,9,11,13-14,18H,5-8,10H2,1H3,(H,21,25)(H,22,26). The molecule has 2 aliphatic rings. The fourth-order valence-corrected chi connectivity index (χ4v) is 4.07. The van der Waals surface area contributed by atoms with E-state index in [-0.39, 0.29) is 11.8 Å². The van der Waals surface area contributed by atoms with Crippen LogP contribution in [0.1, 0.15) is 32.6 Å². The van der Waals surface area contributed by atoms with Gasteiger partial charge in [0.15, 0.2) is 5.16 Å². The van der Waals surface area contributed by atoms with E-state index in [0.29, 0.717) is 34.5 Å². The van der Waals surface area contributed by atoms with Crippen molar-refractivity contribution in [2.24, 2.45) is 11.8 Å². The van der Waals surface area contributed by atoms with E-state index in [2.05, 4.69) is 20.8 Å². The fourth-order valence-electron chi connectivity index (χ4n) is 3.33. The van der Waals surface area contributed by atoms with Gasteiger partial charge in [-0.05, 0) is 55.7 Å². The number of anilines is 1. The summed E-state index contributed by atoms with van der Waals surface area (Å²) >= 11 is 1.37. The van der Waals surface area contributed by atoms with Gasteiger partial charge in [0.05, 0.1) is 11.4 Å². The summed E-state index contributed by atoms with van der Waals surface area (Å²) in [5.74, 6) is 1.63. The number of benzene rings is 1. The van der Waals surface area contributed by atoms with Crippen molar-refractivity contribution in [2.75, 3.05) is 11.1 Å². The van der Waals surface area contributed by atoms with Gasteiger partial charge in [-0.2, -0.15) is 0 Å². The van der Waals surface area contributed by atoms with Gasteiger partial charge in [-0.25, -0.2) is 0 Å². The zero-order chi connectivity index (χ0) is 18.8. The molecule has 0 spiro atoms. The molecule has 0 radical (unpaired) electrons. The zero-order valence-electron chi connectivity index (χ0n) is 15.2. The molecule has 1 heterocycles. The number of nitrogens with one attached hydrogen (secondary N) is 2. The van der Waals surface area contributed by atoms with Crippen LogP contribution in [0.2, 0.25) is 0 Å². The molecule has 7 nitrogen and oxygen atoms in total. The van der Waals surface area contributed by atoms with Gasteiger partial charge in [0.1, 0.15) is 6.33 Å². The summed E-state index contributed by atoms with van der Waals surface area (Å²) in [6.07, 6.45) is 6.59. The lowest BCUT2D eigenvalue weighted by Gasteiger charge is -2.17. The molecule has 2 aliphatic carbocycles. The first-order valence-electron chi connectivity index (χ1n) is 9.30. The lowest BCUT2D eigenvalue weighted by Crippen LogP contribution is -2.39. The van der Waals surface area contributed by atoms with E-state index in [1.54, 1.807) is 6.33 Å². The largest absolute Gasteiger partial charge is 0.352 e. The molecule has 27 heavy (non-hydrogen) atoms. The normalized spacial score (nSPS) is 16.4. The smallest absolute Gasteiger partial charge is 0.230 e. The van der Waals surface area contributed by atoms with E-state index in [1.807, 2.05) is 28.8 Å². The number of hydrogen-bond acceptors (Lipinski definition) is 5. The third-order valence-corrected chi connectivity index (χ3v) is 5.82. The van der Waals surface area contributed by atoms with Crippen LogP contribution in [-0.2, 0) is 9.59 Å². The summed E-state index contributed by atoms with van der Waals surface area (Å²) in [6.45, 7) is 1.47. The summed E-state index contributed by atoms with van der Waals surface area (Å²) in [5.41, 5.74) is 1.54. The lowest BCUT2D eigenvalue weighted by atomic mass is 10.1. The van der Waals surface area contributed by atoms with Crippen molar-refractivity contribution in [1.82, 2.24) is 20.1 Å². The minimum Gasteiger partial charge on any atom is -0.352 e. The predicted octanol–water partition coefficient (Wildman–Crippen LogP) is 2.62. The highest BCUT2D eigenvalue weighted by Crippen LogP contribution is 2.44. The lowest BCUT2D eigenvalue weighted by molar-refractivity contribution is -0.119. The third kappa shape index (κ3) is 4.68. The highest BCUT2D eigenvalue weighted by Gasteiger charge is 2.42. The molecule has 0 unspecified atom stereocenters. The molecule has 1 aromatic heterocycles. The first-order valence-corrected chi connectivity index (χ1v) is 10.3. The van der Waals surface area contributed by atoms with Gasteiger partial charge < -0.3 is 10.6 Å². The highest BCUT2D eigenvalue weighted by molar-refractivity contribution is 7.99. The van der Waals surface area contributed by atoms with E-state index in [0.717, 1.165) is 5.69 Å². The summed E-state index contributed by atoms with van der Waals surface area (Å²) in [5, 5.41) is 14.8. The molecule has 2 amide bonds. The van der Waals surface area contributed by atoms with Crippen molar-refractivity contribution < 1.29 is 9.59 Å². The van der Waals surface area contributed by atoms with Crippen LogP contribution in [0.15, 0.2) is 35.7 Å². The molecule has 8 heteroatoms. The Morgan fingerprint density at radius 2 is 2.00 bits per heavy atom. The van der Waals surface area contributed by atoms with Crippen molar-refractivity contribution in [2.45, 2.75) is 43.8 Å². The van der Waals surface area contributed by atoms with Gasteiger partial charge in [-0.3, -0.25) is 14.2 Å². The minimum absolute atomic E-state index is 0.0605. The van der Waals surface area contributed by atoms with Crippen LogP contribution in [0.4, 0.5) is 5.69 Å². The van der Waals surface area contributed by atoms with Crippen molar-refractivity contribution in [3.63, 3.8) is 0 Å². The summed E-state index contributed by atoms with van der Waals surface area (Å²) < 4.78 is 1.82. The maximum atomic E-state index is 12.4. The SMILES string of the molecule is CC(=O)Nc1cccc(-n2cnnc2SCC(=O)NC(C2CC2)C2CC2)c1. The Morgan fingerprint density at radius 1 is 1.26 bits per heavy atom. The van der Waals surface area contributed by atoms with Gasteiger partial charge in [0, 0.05) is 18.7 Å². The first kappa shape index (κ1) is 18.0. The number of carbonyl (C=O) groups is 2. The molecule has 2 saturated carbocycles. The van der Waals surface area contributed by atoms with Gasteiger partial charge >= 0.3 is 0 Å². The van der Waals surface area contributed by atoms with E-state index in [9.17, 15) is 9.59 Å². The van der Waals surface area contributed by atoms with Crippen LogP contribution in [0.3, 0.4) is 0 Å². The van der Waals surface area contributed by atoms with E-state index < -0.39 is 0 Å². The van der Waals surface area contributed by atoms with Gasteiger partial charge in [0.2, 0.25) is 11.8 Å². The summed E-state index contributed by atoms with van der Waals surface area (Å²) in [4.78, 5) is 23.7. The molecule has 0 aliphatic heterocycles. The molecule has 0 atom stereocenters. The average Bonchev–Trinajstić information content (AvgIpc) is 3.56. The predicted molar refractivity (Wildman–Crippen MR) is 104 cm³/mol. The number of nitrogens with zero attached hydrogens (tertiary/aromatic N) is 3. The van der Waals surface area contributed by atoms with Gasteiger partial charge in [-0.1, -0.05) is 17.8 Å². The molecule has 2 fully saturated rings. The van der Waals surface area contributed by atoms with Gasteiger partial charge in [-0.15, -0.1) is 10.2 Å². The van der Waals surface area contributed by atoms with Crippen LogP contribution in [0, 0.1) is 11.8 Å². The summed E-state index contributed by atoms with van der Waals surface area (Å²) in [7, 11) is 0. The van der Waals surface area contributed by atoms with Crippen molar-refractivity contribution >= 4 is 29.3 Å². The van der Waals surface area contributed by atoms with E-state index in [1.165, 1.54) is 44.4 Å². The molecular formula is C19H23N5O2S. The number of thioether (sulfide) groups is 1. The van der Waals surface area contributed by atoms with E-state index in [4.69, 9.17) is 0 Å². The zero-order valence-corrected chi connectivity index (χ0v) is 16.0. The van der Waals surface area contributed by atoms with Gasteiger partial charge in [0.25, 0.3) is 0 Å². The van der Waals surface area contributed by atoms with Crippen molar-refractivity contribution in [3.8, 4) is 5.69 Å². The molecular weight excluding hydrogens is 362 g/mol. The third-order valence-electron chi connectivity index (χ3n) is 4.88.